The van der Waals surface area contributed by atoms with E-state index in [9.17, 15) is 14.0 Å². The second-order valence-electron chi connectivity index (χ2n) is 4.66. The topological polar surface area (TPSA) is 66.4 Å². The number of benzene rings is 1. The molecule has 0 radical (unpaired) electrons. The normalized spacial score (nSPS) is 11.2. The van der Waals surface area contributed by atoms with Crippen LogP contribution in [-0.2, 0) is 9.59 Å². The highest BCUT2D eigenvalue weighted by molar-refractivity contribution is 9.10. The second kappa shape index (κ2) is 5.88. The molecule has 0 aromatic heterocycles. The minimum Gasteiger partial charge on any atom is -0.481 e. The van der Waals surface area contributed by atoms with E-state index < -0.39 is 23.1 Å². The summed E-state index contributed by atoms with van der Waals surface area (Å²) in [6.45, 7) is 2.88. The first kappa shape index (κ1) is 15.9. The number of hydrogen-bond acceptors (Lipinski definition) is 2. The van der Waals surface area contributed by atoms with Crippen LogP contribution in [0.15, 0.2) is 16.6 Å². The van der Waals surface area contributed by atoms with Crippen molar-refractivity contribution in [3.63, 3.8) is 0 Å². The van der Waals surface area contributed by atoms with Crippen molar-refractivity contribution >= 4 is 45.1 Å². The van der Waals surface area contributed by atoms with Crippen molar-refractivity contribution in [2.75, 3.05) is 5.32 Å². The van der Waals surface area contributed by atoms with Crippen LogP contribution in [0.3, 0.4) is 0 Å². The predicted molar refractivity (Wildman–Crippen MR) is 73.8 cm³/mol. The van der Waals surface area contributed by atoms with E-state index in [1.54, 1.807) is 0 Å². The quantitative estimate of drug-likeness (QED) is 0.868. The standard InChI is InChI=1S/C12H12BrClFNO3/c1-12(2,11(18)19)5-9(17)16-10-7(13)3-6(15)4-8(10)14/h3-4H,5H2,1-2H3,(H,16,17)(H,18,19). The number of amides is 1. The molecule has 0 heterocycles. The number of aliphatic carboxylic acids is 1. The van der Waals surface area contributed by atoms with E-state index in [0.717, 1.165) is 12.1 Å². The van der Waals surface area contributed by atoms with Gasteiger partial charge in [-0.1, -0.05) is 11.6 Å². The van der Waals surface area contributed by atoms with Crippen LogP contribution in [0.1, 0.15) is 20.3 Å². The Morgan fingerprint density at radius 3 is 2.53 bits per heavy atom. The third-order valence-electron chi connectivity index (χ3n) is 2.45. The summed E-state index contributed by atoms with van der Waals surface area (Å²) in [5.41, 5.74) is -0.974. The molecule has 1 aromatic rings. The molecule has 0 fully saturated rings. The fourth-order valence-corrected chi connectivity index (χ4v) is 2.22. The Kier molecular flexibility index (Phi) is 4.92. The largest absolute Gasteiger partial charge is 0.481 e. The van der Waals surface area contributed by atoms with Crippen molar-refractivity contribution in [3.05, 3.63) is 27.4 Å². The number of hydrogen-bond donors (Lipinski definition) is 2. The molecule has 0 aliphatic rings. The molecule has 104 valence electrons. The molecule has 0 bridgehead atoms. The zero-order chi connectivity index (χ0) is 14.8. The maximum atomic E-state index is 13.0. The summed E-state index contributed by atoms with van der Waals surface area (Å²) in [5.74, 6) is -2.13. The lowest BCUT2D eigenvalue weighted by atomic mass is 9.89. The molecule has 0 spiro atoms. The molecule has 1 amide bonds. The highest BCUT2D eigenvalue weighted by atomic mass is 79.9. The number of anilines is 1. The maximum absolute atomic E-state index is 13.0. The summed E-state index contributed by atoms with van der Waals surface area (Å²) in [4.78, 5) is 22.7. The number of rotatable bonds is 4. The Hall–Kier alpha value is -1.14. The van der Waals surface area contributed by atoms with E-state index in [1.165, 1.54) is 13.8 Å². The molecular weight excluding hydrogens is 340 g/mol. The zero-order valence-electron chi connectivity index (χ0n) is 10.3. The molecule has 19 heavy (non-hydrogen) atoms. The van der Waals surface area contributed by atoms with Crippen molar-refractivity contribution in [3.8, 4) is 0 Å². The van der Waals surface area contributed by atoms with Gasteiger partial charge in [-0.25, -0.2) is 4.39 Å². The molecule has 0 saturated carbocycles. The van der Waals surface area contributed by atoms with Gasteiger partial charge in [0.15, 0.2) is 0 Å². The molecule has 0 saturated heterocycles. The second-order valence-corrected chi connectivity index (χ2v) is 5.92. The van der Waals surface area contributed by atoms with Gasteiger partial charge in [0.25, 0.3) is 0 Å². The van der Waals surface area contributed by atoms with Gasteiger partial charge in [-0.3, -0.25) is 9.59 Å². The molecule has 4 nitrogen and oxygen atoms in total. The van der Waals surface area contributed by atoms with E-state index in [-0.39, 0.29) is 17.1 Å². The van der Waals surface area contributed by atoms with Crippen LogP contribution < -0.4 is 5.32 Å². The average molecular weight is 353 g/mol. The van der Waals surface area contributed by atoms with E-state index in [2.05, 4.69) is 21.2 Å². The Morgan fingerprint density at radius 2 is 2.05 bits per heavy atom. The first-order valence-electron chi connectivity index (χ1n) is 5.31. The van der Waals surface area contributed by atoms with E-state index in [1.807, 2.05) is 0 Å². The molecule has 0 aliphatic heterocycles. The fourth-order valence-electron chi connectivity index (χ4n) is 1.32. The van der Waals surface area contributed by atoms with Gasteiger partial charge in [0.05, 0.1) is 16.1 Å². The van der Waals surface area contributed by atoms with Crippen LogP contribution in [0.25, 0.3) is 0 Å². The number of nitrogens with one attached hydrogen (secondary N) is 1. The van der Waals surface area contributed by atoms with Gasteiger partial charge in [-0.05, 0) is 41.9 Å². The van der Waals surface area contributed by atoms with Gasteiger partial charge >= 0.3 is 5.97 Å². The van der Waals surface area contributed by atoms with Crippen LogP contribution in [0, 0.1) is 11.2 Å². The van der Waals surface area contributed by atoms with E-state index in [4.69, 9.17) is 16.7 Å². The van der Waals surface area contributed by atoms with Crippen LogP contribution >= 0.6 is 27.5 Å². The van der Waals surface area contributed by atoms with Crippen molar-refractivity contribution in [2.45, 2.75) is 20.3 Å². The number of carbonyl (C=O) groups excluding carboxylic acids is 1. The average Bonchev–Trinajstić information content (AvgIpc) is 2.22. The molecule has 0 aliphatic carbocycles. The van der Waals surface area contributed by atoms with Crippen LogP contribution in [0.2, 0.25) is 5.02 Å². The molecule has 0 atom stereocenters. The first-order chi connectivity index (χ1) is 8.63. The van der Waals surface area contributed by atoms with E-state index in [0.29, 0.717) is 4.47 Å². The minimum atomic E-state index is -1.19. The fraction of sp³-hybridized carbons (Fsp3) is 0.333. The summed E-state index contributed by atoms with van der Waals surface area (Å²) in [7, 11) is 0. The van der Waals surface area contributed by atoms with E-state index >= 15 is 0 Å². The van der Waals surface area contributed by atoms with Crippen molar-refractivity contribution in [1.82, 2.24) is 0 Å². The van der Waals surface area contributed by atoms with Crippen molar-refractivity contribution in [2.24, 2.45) is 5.41 Å². The monoisotopic (exact) mass is 351 g/mol. The number of carboxylic acids is 1. The predicted octanol–water partition coefficient (Wildman–Crippen LogP) is 3.68. The summed E-state index contributed by atoms with van der Waals surface area (Å²) < 4.78 is 13.3. The Balaban J connectivity index is 2.87. The number of carboxylic acid groups (broad SMARTS) is 1. The van der Waals surface area contributed by atoms with Gasteiger partial charge in [0.2, 0.25) is 5.91 Å². The van der Waals surface area contributed by atoms with Crippen LogP contribution in [-0.4, -0.2) is 17.0 Å². The maximum Gasteiger partial charge on any atom is 0.309 e. The molecule has 2 N–H and O–H groups in total. The Morgan fingerprint density at radius 1 is 1.47 bits per heavy atom. The van der Waals surface area contributed by atoms with Gasteiger partial charge in [0, 0.05) is 10.9 Å². The number of halogens is 3. The third-order valence-corrected chi connectivity index (χ3v) is 3.38. The zero-order valence-corrected chi connectivity index (χ0v) is 12.6. The first-order valence-corrected chi connectivity index (χ1v) is 6.48. The highest BCUT2D eigenvalue weighted by Crippen LogP contribution is 2.32. The molecule has 1 aromatic carbocycles. The Labute approximate surface area is 123 Å². The SMILES string of the molecule is CC(C)(CC(=O)Nc1c(Cl)cc(F)cc1Br)C(=O)O. The summed E-state index contributed by atoms with van der Waals surface area (Å²) >= 11 is 8.89. The van der Waals surface area contributed by atoms with Crippen molar-refractivity contribution in [1.29, 1.82) is 0 Å². The Bertz CT molecular complexity index is 511. The molecule has 0 unspecified atom stereocenters. The lowest BCUT2D eigenvalue weighted by Gasteiger charge is -2.18. The van der Waals surface area contributed by atoms with Gasteiger partial charge in [0.1, 0.15) is 5.82 Å². The molecule has 7 heteroatoms. The van der Waals surface area contributed by atoms with Crippen LogP contribution in [0.5, 0.6) is 0 Å². The van der Waals surface area contributed by atoms with Gasteiger partial charge in [-0.15, -0.1) is 0 Å². The third kappa shape index (κ3) is 4.18. The molecular formula is C12H12BrClFNO3. The smallest absolute Gasteiger partial charge is 0.309 e. The lowest BCUT2D eigenvalue weighted by Crippen LogP contribution is -2.29. The number of carbonyl (C=O) groups is 2. The van der Waals surface area contributed by atoms with Crippen LogP contribution in [0.4, 0.5) is 10.1 Å². The summed E-state index contributed by atoms with van der Waals surface area (Å²) in [5, 5.41) is 11.4. The highest BCUT2D eigenvalue weighted by Gasteiger charge is 2.30. The van der Waals surface area contributed by atoms with Gasteiger partial charge in [-0.2, -0.15) is 0 Å². The summed E-state index contributed by atoms with van der Waals surface area (Å²) in [6.07, 6.45) is -0.220. The minimum absolute atomic E-state index is 0.0355. The summed E-state index contributed by atoms with van der Waals surface area (Å²) in [6, 6.07) is 2.22. The lowest BCUT2D eigenvalue weighted by molar-refractivity contribution is -0.148. The van der Waals surface area contributed by atoms with Crippen molar-refractivity contribution < 1.29 is 19.1 Å². The molecule has 1 rings (SSSR count). The van der Waals surface area contributed by atoms with Gasteiger partial charge < -0.3 is 10.4 Å².